The van der Waals surface area contributed by atoms with Gasteiger partial charge in [0.2, 0.25) is 5.91 Å². The molecular weight excluding hydrogens is 322 g/mol. The molecule has 1 unspecified atom stereocenters. The van der Waals surface area contributed by atoms with Crippen molar-refractivity contribution < 1.29 is 14.3 Å². The van der Waals surface area contributed by atoms with Crippen LogP contribution in [0.4, 0.5) is 5.69 Å². The predicted octanol–water partition coefficient (Wildman–Crippen LogP) is 3.07. The summed E-state index contributed by atoms with van der Waals surface area (Å²) in [6.45, 7) is 4.04. The number of rotatable bonds is 4. The first-order valence-electron chi connectivity index (χ1n) is 6.81. The number of aryl methyl sites for hydroxylation is 1. The largest absolute Gasteiger partial charge is 0.464 e. The lowest BCUT2D eigenvalue weighted by atomic mass is 9.99. The van der Waals surface area contributed by atoms with Crippen LogP contribution in [0.1, 0.15) is 32.3 Å². The summed E-state index contributed by atoms with van der Waals surface area (Å²) in [4.78, 5) is 25.7. The third kappa shape index (κ3) is 3.03. The first kappa shape index (κ1) is 15.0. The minimum Gasteiger partial charge on any atom is -0.464 e. The molecule has 0 saturated heterocycles. The highest BCUT2D eigenvalue weighted by atomic mass is 79.9. The van der Waals surface area contributed by atoms with Gasteiger partial charge in [0.25, 0.3) is 0 Å². The van der Waals surface area contributed by atoms with Gasteiger partial charge in [0.05, 0.1) is 6.61 Å². The molecule has 1 aliphatic heterocycles. The van der Waals surface area contributed by atoms with E-state index in [-0.39, 0.29) is 11.9 Å². The molecule has 0 saturated carbocycles. The highest BCUT2D eigenvalue weighted by Crippen LogP contribution is 2.32. The van der Waals surface area contributed by atoms with Gasteiger partial charge in [-0.15, -0.1) is 0 Å². The zero-order chi connectivity index (χ0) is 14.7. The molecule has 1 atom stereocenters. The van der Waals surface area contributed by atoms with E-state index in [4.69, 9.17) is 4.74 Å². The summed E-state index contributed by atoms with van der Waals surface area (Å²) < 4.78 is 6.13. The van der Waals surface area contributed by atoms with Gasteiger partial charge in [-0.05, 0) is 43.5 Å². The molecule has 0 fully saturated rings. The average Bonchev–Trinajstić information content (AvgIpc) is 2.44. The fourth-order valence-corrected chi connectivity index (χ4v) is 2.75. The smallest absolute Gasteiger partial charge is 0.328 e. The minimum atomic E-state index is -0.589. The Bertz CT molecular complexity index is 530. The van der Waals surface area contributed by atoms with Crippen molar-refractivity contribution in [3.63, 3.8) is 0 Å². The molecule has 4 nitrogen and oxygen atoms in total. The Kier molecular flexibility index (Phi) is 4.81. The SMILES string of the molecule is CCCOC(=O)C(C)N1C(=O)CCc2cc(Br)ccc21. The molecule has 0 aromatic heterocycles. The first-order chi connectivity index (χ1) is 9.54. The van der Waals surface area contributed by atoms with Crippen LogP contribution >= 0.6 is 15.9 Å². The summed E-state index contributed by atoms with van der Waals surface area (Å²) in [5.41, 5.74) is 1.89. The predicted molar refractivity (Wildman–Crippen MR) is 80.7 cm³/mol. The highest BCUT2D eigenvalue weighted by molar-refractivity contribution is 9.10. The minimum absolute atomic E-state index is 0.0271. The van der Waals surface area contributed by atoms with E-state index in [9.17, 15) is 9.59 Å². The Morgan fingerprint density at radius 1 is 1.45 bits per heavy atom. The maximum Gasteiger partial charge on any atom is 0.328 e. The van der Waals surface area contributed by atoms with Crippen molar-refractivity contribution in [3.05, 3.63) is 28.2 Å². The van der Waals surface area contributed by atoms with Gasteiger partial charge in [-0.25, -0.2) is 4.79 Å². The summed E-state index contributed by atoms with van der Waals surface area (Å²) in [7, 11) is 0. The molecule has 5 heteroatoms. The summed E-state index contributed by atoms with van der Waals surface area (Å²) in [6, 6.07) is 5.17. The van der Waals surface area contributed by atoms with Crippen molar-refractivity contribution in [2.24, 2.45) is 0 Å². The number of amides is 1. The normalized spacial score (nSPS) is 15.8. The summed E-state index contributed by atoms with van der Waals surface area (Å²) in [5.74, 6) is -0.378. The lowest BCUT2D eigenvalue weighted by molar-refractivity contribution is -0.146. The second-order valence-corrected chi connectivity index (χ2v) is 5.80. The van der Waals surface area contributed by atoms with Gasteiger partial charge in [0.15, 0.2) is 0 Å². The van der Waals surface area contributed by atoms with E-state index in [1.165, 1.54) is 0 Å². The van der Waals surface area contributed by atoms with E-state index >= 15 is 0 Å². The number of benzene rings is 1. The van der Waals surface area contributed by atoms with Crippen molar-refractivity contribution in [2.75, 3.05) is 11.5 Å². The molecule has 0 spiro atoms. The molecule has 0 bridgehead atoms. The van der Waals surface area contributed by atoms with E-state index in [1.54, 1.807) is 11.8 Å². The van der Waals surface area contributed by atoms with Crippen LogP contribution in [0.2, 0.25) is 0 Å². The molecule has 1 amide bonds. The Labute approximate surface area is 127 Å². The van der Waals surface area contributed by atoms with Crippen molar-refractivity contribution in [3.8, 4) is 0 Å². The van der Waals surface area contributed by atoms with Crippen LogP contribution in [0.25, 0.3) is 0 Å². The van der Waals surface area contributed by atoms with E-state index in [0.29, 0.717) is 19.4 Å². The number of carbonyl (C=O) groups is 2. The van der Waals surface area contributed by atoms with Gasteiger partial charge in [-0.1, -0.05) is 22.9 Å². The van der Waals surface area contributed by atoms with Crippen molar-refractivity contribution in [1.29, 1.82) is 0 Å². The number of carbonyl (C=O) groups excluding carboxylic acids is 2. The Hall–Kier alpha value is -1.36. The first-order valence-corrected chi connectivity index (χ1v) is 7.61. The topological polar surface area (TPSA) is 46.6 Å². The number of nitrogens with zero attached hydrogens (tertiary/aromatic N) is 1. The average molecular weight is 340 g/mol. The summed E-state index contributed by atoms with van der Waals surface area (Å²) >= 11 is 3.43. The van der Waals surface area contributed by atoms with Gasteiger partial charge in [0.1, 0.15) is 6.04 Å². The van der Waals surface area contributed by atoms with Crippen LogP contribution in [0.15, 0.2) is 22.7 Å². The lowest BCUT2D eigenvalue weighted by Gasteiger charge is -2.33. The van der Waals surface area contributed by atoms with Gasteiger partial charge < -0.3 is 4.74 Å². The van der Waals surface area contributed by atoms with Gasteiger partial charge in [-0.2, -0.15) is 0 Å². The Morgan fingerprint density at radius 2 is 2.20 bits per heavy atom. The van der Waals surface area contributed by atoms with Gasteiger partial charge in [-0.3, -0.25) is 9.69 Å². The summed E-state index contributed by atoms with van der Waals surface area (Å²) in [6.07, 6.45) is 1.91. The van der Waals surface area contributed by atoms with E-state index in [0.717, 1.165) is 22.1 Å². The molecule has 1 aromatic rings. The number of esters is 1. The quantitative estimate of drug-likeness (QED) is 0.792. The Balaban J connectivity index is 2.27. The third-order valence-corrected chi connectivity index (χ3v) is 3.85. The molecule has 0 aliphatic carbocycles. The number of fused-ring (bicyclic) bond motifs is 1. The molecular formula is C15H18BrNO3. The molecule has 1 heterocycles. The fourth-order valence-electron chi connectivity index (χ4n) is 2.34. The number of hydrogen-bond donors (Lipinski definition) is 0. The van der Waals surface area contributed by atoms with E-state index < -0.39 is 6.04 Å². The van der Waals surface area contributed by atoms with Crippen molar-refractivity contribution in [1.82, 2.24) is 0 Å². The summed E-state index contributed by atoms with van der Waals surface area (Å²) in [5, 5.41) is 0. The highest BCUT2D eigenvalue weighted by Gasteiger charge is 2.32. The molecule has 108 valence electrons. The van der Waals surface area contributed by atoms with Crippen LogP contribution < -0.4 is 4.90 Å². The van der Waals surface area contributed by atoms with Crippen molar-refractivity contribution >= 4 is 33.5 Å². The van der Waals surface area contributed by atoms with Crippen LogP contribution in [0, 0.1) is 0 Å². The van der Waals surface area contributed by atoms with Crippen LogP contribution in [-0.4, -0.2) is 24.5 Å². The zero-order valence-electron chi connectivity index (χ0n) is 11.7. The van der Waals surface area contributed by atoms with E-state index in [2.05, 4.69) is 15.9 Å². The Morgan fingerprint density at radius 3 is 2.90 bits per heavy atom. The lowest BCUT2D eigenvalue weighted by Crippen LogP contribution is -2.46. The van der Waals surface area contributed by atoms with Gasteiger partial charge >= 0.3 is 5.97 Å². The molecule has 1 aromatic carbocycles. The number of halogens is 1. The molecule has 2 rings (SSSR count). The maximum absolute atomic E-state index is 12.2. The molecule has 1 aliphatic rings. The molecule has 0 radical (unpaired) electrons. The number of anilines is 1. The maximum atomic E-state index is 12.2. The monoisotopic (exact) mass is 339 g/mol. The van der Waals surface area contributed by atoms with Crippen LogP contribution in [0.3, 0.4) is 0 Å². The van der Waals surface area contributed by atoms with Crippen molar-refractivity contribution in [2.45, 2.75) is 39.2 Å². The van der Waals surface area contributed by atoms with E-state index in [1.807, 2.05) is 25.1 Å². The van der Waals surface area contributed by atoms with Crippen LogP contribution in [0.5, 0.6) is 0 Å². The zero-order valence-corrected chi connectivity index (χ0v) is 13.3. The second kappa shape index (κ2) is 6.39. The van der Waals surface area contributed by atoms with Crippen LogP contribution in [-0.2, 0) is 20.7 Å². The van der Waals surface area contributed by atoms with Gasteiger partial charge in [0, 0.05) is 16.6 Å². The fraction of sp³-hybridized carbons (Fsp3) is 0.467. The third-order valence-electron chi connectivity index (χ3n) is 3.35. The standard InChI is InChI=1S/C15H18BrNO3/c1-3-8-20-15(19)10(2)17-13-6-5-12(16)9-11(13)4-7-14(17)18/h5-6,9-10H,3-4,7-8H2,1-2H3. The molecule has 20 heavy (non-hydrogen) atoms. The number of hydrogen-bond acceptors (Lipinski definition) is 3. The second-order valence-electron chi connectivity index (χ2n) is 4.88. The molecule has 0 N–H and O–H groups in total. The number of ether oxygens (including phenoxy) is 1.